The Morgan fingerprint density at radius 1 is 1.14 bits per heavy atom. The highest BCUT2D eigenvalue weighted by atomic mass is 79.9. The Labute approximate surface area is 220 Å². The molecule has 0 N–H and O–H groups in total. The van der Waals surface area contributed by atoms with Gasteiger partial charge in [-0.05, 0) is 58.8 Å². The van der Waals surface area contributed by atoms with Crippen molar-refractivity contribution in [2.45, 2.75) is 13.0 Å². The molecule has 0 radical (unpaired) electrons. The molecule has 1 aliphatic heterocycles. The van der Waals surface area contributed by atoms with Crippen LogP contribution in [0.15, 0.2) is 61.9 Å². The number of benzene rings is 2. The molecule has 1 aliphatic rings. The van der Waals surface area contributed by atoms with Gasteiger partial charge < -0.3 is 19.1 Å². The highest BCUT2D eigenvalue weighted by Gasteiger charge is 2.35. The maximum Gasteiger partial charge on any atom is 0.338 e. The van der Waals surface area contributed by atoms with E-state index in [9.17, 15) is 9.59 Å². The maximum atomic E-state index is 13.8. The van der Waals surface area contributed by atoms with Gasteiger partial charge in [0.2, 0.25) is 0 Å². The lowest BCUT2D eigenvalue weighted by molar-refractivity contribution is -0.136. The first-order valence-corrected chi connectivity index (χ1v) is 12.6. The molecule has 0 saturated heterocycles. The molecule has 0 saturated carbocycles. The number of allylic oxidation sites excluding steroid dienone is 1. The minimum absolute atomic E-state index is 0.261. The third kappa shape index (κ3) is 4.58. The molecule has 0 aliphatic carbocycles. The number of methoxy groups -OCH3 is 3. The van der Waals surface area contributed by atoms with E-state index in [0.717, 1.165) is 15.7 Å². The lowest BCUT2D eigenvalue weighted by atomic mass is 9.95. The number of esters is 1. The van der Waals surface area contributed by atoms with Gasteiger partial charge in [0.1, 0.15) is 17.5 Å². The van der Waals surface area contributed by atoms with E-state index in [1.54, 1.807) is 32.2 Å². The summed E-state index contributed by atoms with van der Waals surface area (Å²) in [5.74, 6) is 0.514. The van der Waals surface area contributed by atoms with Gasteiger partial charge >= 0.3 is 5.97 Å². The van der Waals surface area contributed by atoms with Crippen molar-refractivity contribution in [2.75, 3.05) is 40.3 Å². The Morgan fingerprint density at radius 3 is 2.50 bits per heavy atom. The van der Waals surface area contributed by atoms with Crippen LogP contribution in [0.1, 0.15) is 24.1 Å². The summed E-state index contributed by atoms with van der Waals surface area (Å²) < 4.78 is 19.0. The molecule has 1 aromatic heterocycles. The summed E-state index contributed by atoms with van der Waals surface area (Å²) in [6.45, 7) is 1.74. The van der Waals surface area contributed by atoms with Gasteiger partial charge in [0.15, 0.2) is 4.80 Å². The molecule has 188 valence electrons. The van der Waals surface area contributed by atoms with E-state index in [-0.39, 0.29) is 11.1 Å². The highest BCUT2D eigenvalue weighted by Crippen LogP contribution is 2.37. The van der Waals surface area contributed by atoms with Crippen LogP contribution >= 0.6 is 27.3 Å². The molecule has 0 bridgehead atoms. The first-order valence-electron chi connectivity index (χ1n) is 11.0. The minimum atomic E-state index is -0.778. The lowest BCUT2D eigenvalue weighted by Crippen LogP contribution is -2.40. The smallest absolute Gasteiger partial charge is 0.338 e. The van der Waals surface area contributed by atoms with Crippen molar-refractivity contribution in [3.8, 4) is 11.5 Å². The Morgan fingerprint density at radius 2 is 1.89 bits per heavy atom. The zero-order chi connectivity index (χ0) is 26.1. The number of aromatic nitrogens is 1. The van der Waals surface area contributed by atoms with Crippen LogP contribution in [-0.4, -0.2) is 46.0 Å². The van der Waals surface area contributed by atoms with Crippen LogP contribution in [0.3, 0.4) is 0 Å². The van der Waals surface area contributed by atoms with Crippen LogP contribution in [0.5, 0.6) is 11.5 Å². The summed E-state index contributed by atoms with van der Waals surface area (Å²) in [7, 11) is 8.33. The van der Waals surface area contributed by atoms with Crippen molar-refractivity contribution < 1.29 is 19.0 Å². The van der Waals surface area contributed by atoms with Crippen LogP contribution in [-0.2, 0) is 9.53 Å². The van der Waals surface area contributed by atoms with Gasteiger partial charge in [-0.2, -0.15) is 0 Å². The van der Waals surface area contributed by atoms with Crippen molar-refractivity contribution in [3.63, 3.8) is 0 Å². The zero-order valence-corrected chi connectivity index (χ0v) is 23.2. The lowest BCUT2D eigenvalue weighted by Gasteiger charge is -2.25. The van der Waals surface area contributed by atoms with Crippen molar-refractivity contribution in [1.82, 2.24) is 4.57 Å². The molecule has 1 atom stereocenters. The van der Waals surface area contributed by atoms with Gasteiger partial charge in [0, 0.05) is 30.2 Å². The summed E-state index contributed by atoms with van der Waals surface area (Å²) in [5, 5.41) is 0. The van der Waals surface area contributed by atoms with Gasteiger partial charge in [-0.1, -0.05) is 17.4 Å². The number of hydrogen-bond donors (Lipinski definition) is 0. The molecule has 3 aromatic rings. The Bertz CT molecular complexity index is 1550. The molecular weight excluding hydrogens is 546 g/mol. The van der Waals surface area contributed by atoms with Gasteiger partial charge in [-0.3, -0.25) is 9.36 Å². The summed E-state index contributed by atoms with van der Waals surface area (Å²) in [6.07, 6.45) is 1.83. The summed E-state index contributed by atoms with van der Waals surface area (Å²) in [4.78, 5) is 33.8. The molecule has 0 amide bonds. The molecular formula is C26H26BrN3O5S. The number of thiazole rings is 1. The number of halogens is 1. The third-order valence-corrected chi connectivity index (χ3v) is 7.53. The fraction of sp³-hybridized carbons (Fsp3) is 0.269. The molecule has 10 heteroatoms. The fourth-order valence-corrected chi connectivity index (χ4v) is 5.96. The first kappa shape index (κ1) is 25.7. The van der Waals surface area contributed by atoms with Crippen molar-refractivity contribution in [3.05, 3.63) is 83.0 Å². The van der Waals surface area contributed by atoms with Gasteiger partial charge in [0.05, 0.1) is 42.8 Å². The Balaban J connectivity index is 1.96. The second kappa shape index (κ2) is 10.3. The monoisotopic (exact) mass is 571 g/mol. The number of fused-ring (bicyclic) bond motifs is 1. The largest absolute Gasteiger partial charge is 0.497 e. The number of ether oxygens (including phenoxy) is 3. The van der Waals surface area contributed by atoms with Gasteiger partial charge in [-0.25, -0.2) is 9.79 Å². The van der Waals surface area contributed by atoms with Crippen LogP contribution in [0, 0.1) is 0 Å². The van der Waals surface area contributed by atoms with E-state index >= 15 is 0 Å². The SMILES string of the molecule is COC(=O)C1=C(C)N=c2sc(=Cc3ccc(N(C)C)c(Br)c3)c(=O)n2[C@@H]1c1ccc(OC)cc1OC. The number of rotatable bonds is 6. The molecule has 0 fully saturated rings. The topological polar surface area (TPSA) is 82.4 Å². The second-order valence-corrected chi connectivity index (χ2v) is 10.1. The molecule has 0 unspecified atom stereocenters. The summed E-state index contributed by atoms with van der Waals surface area (Å²) in [5.41, 5.74) is 3.01. The van der Waals surface area contributed by atoms with Gasteiger partial charge in [0.25, 0.3) is 5.56 Å². The first-order chi connectivity index (χ1) is 17.2. The van der Waals surface area contributed by atoms with E-state index in [1.165, 1.54) is 30.1 Å². The minimum Gasteiger partial charge on any atom is -0.497 e. The van der Waals surface area contributed by atoms with E-state index in [4.69, 9.17) is 14.2 Å². The zero-order valence-electron chi connectivity index (χ0n) is 20.8. The number of carbonyl (C=O) groups excluding carboxylic acids is 1. The van der Waals surface area contributed by atoms with Crippen LogP contribution in [0.2, 0.25) is 0 Å². The van der Waals surface area contributed by atoms with Crippen LogP contribution < -0.4 is 29.3 Å². The third-order valence-electron chi connectivity index (χ3n) is 5.91. The maximum absolute atomic E-state index is 13.8. The molecule has 8 nitrogen and oxygen atoms in total. The number of nitrogens with zero attached hydrogens (tertiary/aromatic N) is 3. The standard InChI is InChI=1S/C26H26BrN3O5S/c1-14-22(25(32)35-6)23(17-9-8-16(33-4)13-20(17)34-5)30-24(31)21(36-26(30)28-14)12-15-7-10-19(29(2)3)18(27)11-15/h7-13,23H,1-6H3/t23-/m1/s1. The van der Waals surface area contributed by atoms with E-state index in [2.05, 4.69) is 20.9 Å². The number of anilines is 1. The Hall–Kier alpha value is -3.37. The average Bonchev–Trinajstić information content (AvgIpc) is 3.16. The molecule has 36 heavy (non-hydrogen) atoms. The summed E-state index contributed by atoms with van der Waals surface area (Å²) >= 11 is 4.87. The highest BCUT2D eigenvalue weighted by molar-refractivity contribution is 9.10. The van der Waals surface area contributed by atoms with Crippen molar-refractivity contribution in [2.24, 2.45) is 4.99 Å². The molecule has 2 heterocycles. The van der Waals surface area contributed by atoms with E-state index in [1.807, 2.05) is 43.3 Å². The fourth-order valence-electron chi connectivity index (χ4n) is 4.16. The molecule has 2 aromatic carbocycles. The number of hydrogen-bond acceptors (Lipinski definition) is 8. The summed E-state index contributed by atoms with van der Waals surface area (Å²) in [6, 6.07) is 10.4. The molecule has 0 spiro atoms. The average molecular weight is 572 g/mol. The normalized spacial score (nSPS) is 15.3. The van der Waals surface area contributed by atoms with Crippen LogP contribution in [0.25, 0.3) is 6.08 Å². The van der Waals surface area contributed by atoms with Crippen molar-refractivity contribution >= 4 is 45.0 Å². The second-order valence-electron chi connectivity index (χ2n) is 8.29. The van der Waals surface area contributed by atoms with Crippen LogP contribution in [0.4, 0.5) is 5.69 Å². The molecule has 4 rings (SSSR count). The Kier molecular flexibility index (Phi) is 7.37. The van der Waals surface area contributed by atoms with E-state index in [0.29, 0.717) is 32.1 Å². The van der Waals surface area contributed by atoms with Gasteiger partial charge in [-0.15, -0.1) is 0 Å². The number of carbonyl (C=O) groups is 1. The predicted molar refractivity (Wildman–Crippen MR) is 144 cm³/mol. The quantitative estimate of drug-likeness (QED) is 0.422. The van der Waals surface area contributed by atoms with E-state index < -0.39 is 12.0 Å². The van der Waals surface area contributed by atoms with Crippen molar-refractivity contribution in [1.29, 1.82) is 0 Å². The predicted octanol–water partition coefficient (Wildman–Crippen LogP) is 3.25.